The highest BCUT2D eigenvalue weighted by Crippen LogP contribution is 2.32. The van der Waals surface area contributed by atoms with Gasteiger partial charge in [0.15, 0.2) is 17.1 Å². The molecule has 0 radical (unpaired) electrons. The highest BCUT2D eigenvalue weighted by molar-refractivity contribution is 6.01. The average molecular weight is 373 g/mol. The van der Waals surface area contributed by atoms with Gasteiger partial charge in [0.25, 0.3) is 0 Å². The lowest BCUT2D eigenvalue weighted by Gasteiger charge is -2.22. The van der Waals surface area contributed by atoms with Gasteiger partial charge in [-0.25, -0.2) is 9.18 Å². The Kier molecular flexibility index (Phi) is 5.30. The predicted molar refractivity (Wildman–Crippen MR) is 96.9 cm³/mol. The molecular formula is C20H20FNO5. The summed E-state index contributed by atoms with van der Waals surface area (Å²) in [5.74, 6) is 0.0759. The van der Waals surface area contributed by atoms with Gasteiger partial charge in [0.1, 0.15) is 12.4 Å². The van der Waals surface area contributed by atoms with Crippen molar-refractivity contribution in [1.29, 1.82) is 0 Å². The molecule has 2 aromatic carbocycles. The number of hydrogen-bond acceptors (Lipinski definition) is 6. The summed E-state index contributed by atoms with van der Waals surface area (Å²) in [6.45, 7) is 2.01. The molecule has 0 amide bonds. The van der Waals surface area contributed by atoms with E-state index in [0.717, 1.165) is 0 Å². The largest absolute Gasteiger partial charge is 0.493 e. The topological polar surface area (TPSA) is 66.4 Å². The van der Waals surface area contributed by atoms with E-state index in [1.54, 1.807) is 30.3 Å². The fourth-order valence-electron chi connectivity index (χ4n) is 2.75. The molecule has 1 aliphatic heterocycles. The molecule has 1 heterocycles. The van der Waals surface area contributed by atoms with Crippen molar-refractivity contribution in [3.05, 3.63) is 59.4 Å². The maximum absolute atomic E-state index is 13.4. The van der Waals surface area contributed by atoms with Gasteiger partial charge < -0.3 is 19.0 Å². The van der Waals surface area contributed by atoms with E-state index < -0.39 is 11.6 Å². The highest BCUT2D eigenvalue weighted by Gasteiger charge is 2.36. The van der Waals surface area contributed by atoms with E-state index in [1.165, 1.54) is 26.4 Å². The summed E-state index contributed by atoms with van der Waals surface area (Å²) in [4.78, 5) is 17.3. The van der Waals surface area contributed by atoms with Crippen LogP contribution in [0.4, 0.5) is 4.39 Å². The zero-order valence-electron chi connectivity index (χ0n) is 15.3. The summed E-state index contributed by atoms with van der Waals surface area (Å²) >= 11 is 0. The maximum atomic E-state index is 13.4. The molecule has 3 rings (SSSR count). The fraction of sp³-hybridized carbons (Fsp3) is 0.300. The number of nitrogens with zero attached hydrogens (tertiary/aromatic N) is 1. The Labute approximate surface area is 156 Å². The number of esters is 1. The summed E-state index contributed by atoms with van der Waals surface area (Å²) < 4.78 is 29.3. The molecule has 0 saturated carbocycles. The Balaban J connectivity index is 1.71. The van der Waals surface area contributed by atoms with Gasteiger partial charge >= 0.3 is 5.97 Å². The zero-order chi connectivity index (χ0) is 19.4. The number of halogens is 1. The van der Waals surface area contributed by atoms with E-state index in [4.69, 9.17) is 19.0 Å². The minimum absolute atomic E-state index is 0.163. The second kappa shape index (κ2) is 7.65. The molecule has 27 heavy (non-hydrogen) atoms. The van der Waals surface area contributed by atoms with Crippen LogP contribution in [0.1, 0.15) is 29.3 Å². The molecule has 1 unspecified atom stereocenters. The van der Waals surface area contributed by atoms with Gasteiger partial charge in [0, 0.05) is 12.0 Å². The molecular weight excluding hydrogens is 353 g/mol. The first kappa shape index (κ1) is 18.7. The molecule has 0 spiro atoms. The van der Waals surface area contributed by atoms with E-state index in [1.807, 2.05) is 6.92 Å². The average Bonchev–Trinajstić information content (AvgIpc) is 3.08. The lowest BCUT2D eigenvalue weighted by molar-refractivity contribution is -0.0361. The molecule has 7 heteroatoms. The van der Waals surface area contributed by atoms with Crippen molar-refractivity contribution >= 4 is 11.7 Å². The van der Waals surface area contributed by atoms with Crippen molar-refractivity contribution in [2.24, 2.45) is 5.16 Å². The second-order valence-electron chi connectivity index (χ2n) is 6.41. The SMILES string of the molecule is COC(=O)c1ccc(OC)c(OCC2(C)CC(c3cccc(F)c3)=NO2)c1. The van der Waals surface area contributed by atoms with Crippen LogP contribution < -0.4 is 9.47 Å². The van der Waals surface area contributed by atoms with Gasteiger partial charge in [-0.2, -0.15) is 0 Å². The normalized spacial score (nSPS) is 18.4. The minimum Gasteiger partial charge on any atom is -0.493 e. The third-order valence-electron chi connectivity index (χ3n) is 4.19. The summed E-state index contributed by atoms with van der Waals surface area (Å²) in [6.07, 6.45) is 0.454. The third kappa shape index (κ3) is 4.19. The number of hydrogen-bond donors (Lipinski definition) is 0. The molecule has 0 saturated heterocycles. The summed E-state index contributed by atoms with van der Waals surface area (Å²) in [6, 6.07) is 11.0. The Morgan fingerprint density at radius 2 is 2.04 bits per heavy atom. The first-order valence-electron chi connectivity index (χ1n) is 8.34. The first-order chi connectivity index (χ1) is 12.9. The first-order valence-corrected chi connectivity index (χ1v) is 8.34. The monoisotopic (exact) mass is 373 g/mol. The van der Waals surface area contributed by atoms with Crippen LogP contribution >= 0.6 is 0 Å². The quantitative estimate of drug-likeness (QED) is 0.724. The predicted octanol–water partition coefficient (Wildman–Crippen LogP) is 3.58. The van der Waals surface area contributed by atoms with Crippen LogP contribution in [0.25, 0.3) is 0 Å². The lowest BCUT2D eigenvalue weighted by Crippen LogP contribution is -2.33. The van der Waals surface area contributed by atoms with Gasteiger partial charge in [-0.3, -0.25) is 0 Å². The number of carbonyl (C=O) groups is 1. The van der Waals surface area contributed by atoms with E-state index in [0.29, 0.717) is 34.8 Å². The number of benzene rings is 2. The smallest absolute Gasteiger partial charge is 0.337 e. The maximum Gasteiger partial charge on any atom is 0.337 e. The van der Waals surface area contributed by atoms with Crippen LogP contribution in [0.3, 0.4) is 0 Å². The fourth-order valence-corrected chi connectivity index (χ4v) is 2.75. The van der Waals surface area contributed by atoms with Crippen LogP contribution in [-0.4, -0.2) is 38.1 Å². The van der Waals surface area contributed by atoms with Gasteiger partial charge in [-0.15, -0.1) is 0 Å². The van der Waals surface area contributed by atoms with Crippen molar-refractivity contribution in [2.45, 2.75) is 18.9 Å². The molecule has 6 nitrogen and oxygen atoms in total. The van der Waals surface area contributed by atoms with Crippen LogP contribution in [0, 0.1) is 5.82 Å². The Morgan fingerprint density at radius 1 is 1.22 bits per heavy atom. The van der Waals surface area contributed by atoms with E-state index in [9.17, 15) is 9.18 Å². The van der Waals surface area contributed by atoms with Crippen molar-refractivity contribution < 1.29 is 28.2 Å². The molecule has 0 fully saturated rings. The lowest BCUT2D eigenvalue weighted by atomic mass is 9.96. The Hall–Kier alpha value is -3.09. The highest BCUT2D eigenvalue weighted by atomic mass is 19.1. The summed E-state index contributed by atoms with van der Waals surface area (Å²) in [5, 5.41) is 4.08. The van der Waals surface area contributed by atoms with Gasteiger partial charge in [-0.1, -0.05) is 17.3 Å². The molecule has 1 aliphatic rings. The molecule has 0 aliphatic carbocycles. The number of ether oxygens (including phenoxy) is 3. The molecule has 0 N–H and O–H groups in total. The molecule has 0 aromatic heterocycles. The number of methoxy groups -OCH3 is 2. The van der Waals surface area contributed by atoms with Crippen molar-refractivity contribution in [3.63, 3.8) is 0 Å². The second-order valence-corrected chi connectivity index (χ2v) is 6.41. The van der Waals surface area contributed by atoms with Crippen LogP contribution in [0.5, 0.6) is 11.5 Å². The van der Waals surface area contributed by atoms with Gasteiger partial charge in [-0.05, 0) is 37.3 Å². The Morgan fingerprint density at radius 3 is 2.74 bits per heavy atom. The van der Waals surface area contributed by atoms with Crippen molar-refractivity contribution in [1.82, 2.24) is 0 Å². The minimum atomic E-state index is -0.728. The zero-order valence-corrected chi connectivity index (χ0v) is 15.3. The summed E-state index contributed by atoms with van der Waals surface area (Å²) in [7, 11) is 2.82. The summed E-state index contributed by atoms with van der Waals surface area (Å²) in [5.41, 5.74) is 0.941. The third-order valence-corrected chi connectivity index (χ3v) is 4.19. The van der Waals surface area contributed by atoms with Gasteiger partial charge in [0.2, 0.25) is 0 Å². The van der Waals surface area contributed by atoms with Crippen LogP contribution in [0.2, 0.25) is 0 Å². The molecule has 2 aromatic rings. The number of carbonyl (C=O) groups excluding carboxylic acids is 1. The van der Waals surface area contributed by atoms with Crippen molar-refractivity contribution in [2.75, 3.05) is 20.8 Å². The molecule has 1 atom stereocenters. The molecule has 142 valence electrons. The van der Waals surface area contributed by atoms with E-state index in [2.05, 4.69) is 5.16 Å². The van der Waals surface area contributed by atoms with E-state index >= 15 is 0 Å². The van der Waals surface area contributed by atoms with Gasteiger partial charge in [0.05, 0.1) is 25.5 Å². The molecule has 0 bridgehead atoms. The number of oxime groups is 1. The number of rotatable bonds is 6. The van der Waals surface area contributed by atoms with Crippen LogP contribution in [-0.2, 0) is 9.57 Å². The van der Waals surface area contributed by atoms with Crippen molar-refractivity contribution in [3.8, 4) is 11.5 Å². The standard InChI is InChI=1S/C20H20FNO5/c1-20(11-16(22-27-20)13-5-4-6-15(21)9-13)12-26-18-10-14(19(23)25-3)7-8-17(18)24-2/h4-10H,11-12H2,1-3H3. The van der Waals surface area contributed by atoms with Crippen LogP contribution in [0.15, 0.2) is 47.6 Å². The Bertz CT molecular complexity index is 882. The van der Waals surface area contributed by atoms with E-state index in [-0.39, 0.29) is 12.4 Å².